The molecule has 1 heterocycles. The van der Waals surface area contributed by atoms with Crippen LogP contribution in [-0.2, 0) is 16.0 Å². The number of hydrogen-bond acceptors (Lipinski definition) is 2. The Morgan fingerprint density at radius 1 is 1.04 bits per heavy atom. The molecule has 2 aromatic carbocycles. The molecule has 1 aliphatic heterocycles. The summed E-state index contributed by atoms with van der Waals surface area (Å²) >= 11 is 0. The Bertz CT molecular complexity index is 871. The Morgan fingerprint density at radius 2 is 1.74 bits per heavy atom. The zero-order valence-electron chi connectivity index (χ0n) is 14.1. The van der Waals surface area contributed by atoms with Gasteiger partial charge < -0.3 is 10.2 Å². The Balaban J connectivity index is 1.58. The molecule has 0 spiro atoms. The SMILES string of the molecule is O=C(Nc1ccc(F)c(F)c1F)C1CC(=O)N(CCc2ccc(F)cc2)C1. The molecule has 1 aliphatic rings. The van der Waals surface area contributed by atoms with Crippen LogP contribution in [0.4, 0.5) is 23.2 Å². The number of nitrogens with one attached hydrogen (secondary N) is 1. The molecule has 1 unspecified atom stereocenters. The van der Waals surface area contributed by atoms with Crippen LogP contribution in [0.5, 0.6) is 0 Å². The highest BCUT2D eigenvalue weighted by atomic mass is 19.2. The number of likely N-dealkylation sites (tertiary alicyclic amines) is 1. The fourth-order valence-corrected chi connectivity index (χ4v) is 2.94. The molecule has 0 saturated carbocycles. The summed E-state index contributed by atoms with van der Waals surface area (Å²) in [7, 11) is 0. The summed E-state index contributed by atoms with van der Waals surface area (Å²) in [5, 5.41) is 2.20. The number of benzene rings is 2. The molecule has 0 aliphatic carbocycles. The number of carbonyl (C=O) groups is 2. The summed E-state index contributed by atoms with van der Waals surface area (Å²) in [5.74, 6) is -6.46. The summed E-state index contributed by atoms with van der Waals surface area (Å²) in [6.45, 7) is 0.491. The molecule has 142 valence electrons. The summed E-state index contributed by atoms with van der Waals surface area (Å²) in [6.07, 6.45) is 0.443. The third kappa shape index (κ3) is 4.27. The zero-order chi connectivity index (χ0) is 19.6. The first kappa shape index (κ1) is 18.9. The van der Waals surface area contributed by atoms with Crippen molar-refractivity contribution in [2.45, 2.75) is 12.8 Å². The molecule has 0 bridgehead atoms. The minimum absolute atomic E-state index is 0.0550. The second-order valence-electron chi connectivity index (χ2n) is 6.33. The maximum atomic E-state index is 13.7. The Hall–Kier alpha value is -2.90. The maximum Gasteiger partial charge on any atom is 0.229 e. The van der Waals surface area contributed by atoms with Gasteiger partial charge in [0.25, 0.3) is 0 Å². The van der Waals surface area contributed by atoms with Crippen LogP contribution in [0.2, 0.25) is 0 Å². The van der Waals surface area contributed by atoms with Gasteiger partial charge in [-0.1, -0.05) is 12.1 Å². The van der Waals surface area contributed by atoms with Crippen molar-refractivity contribution in [2.75, 3.05) is 18.4 Å². The molecule has 1 atom stereocenters. The number of nitrogens with zero attached hydrogens (tertiary/aromatic N) is 1. The highest BCUT2D eigenvalue weighted by molar-refractivity contribution is 5.97. The third-order valence-electron chi connectivity index (χ3n) is 4.46. The van der Waals surface area contributed by atoms with Gasteiger partial charge in [0, 0.05) is 19.5 Å². The third-order valence-corrected chi connectivity index (χ3v) is 4.46. The molecule has 2 aromatic rings. The van der Waals surface area contributed by atoms with Gasteiger partial charge in [-0.05, 0) is 36.2 Å². The first-order valence-electron chi connectivity index (χ1n) is 8.31. The van der Waals surface area contributed by atoms with Crippen molar-refractivity contribution >= 4 is 17.5 Å². The van der Waals surface area contributed by atoms with Crippen LogP contribution in [0.1, 0.15) is 12.0 Å². The molecular formula is C19H16F4N2O2. The molecule has 3 rings (SSSR count). The molecule has 1 N–H and O–H groups in total. The summed E-state index contributed by atoms with van der Waals surface area (Å²) in [4.78, 5) is 25.8. The van der Waals surface area contributed by atoms with Crippen molar-refractivity contribution < 1.29 is 27.2 Å². The average molecular weight is 380 g/mol. The van der Waals surface area contributed by atoms with Crippen molar-refractivity contribution in [3.05, 3.63) is 65.2 Å². The van der Waals surface area contributed by atoms with E-state index in [0.717, 1.165) is 11.6 Å². The molecule has 1 fully saturated rings. The summed E-state index contributed by atoms with van der Waals surface area (Å²) in [5.41, 5.74) is 0.372. The number of hydrogen-bond donors (Lipinski definition) is 1. The molecule has 27 heavy (non-hydrogen) atoms. The smallest absolute Gasteiger partial charge is 0.229 e. The van der Waals surface area contributed by atoms with Gasteiger partial charge in [0.2, 0.25) is 11.8 Å². The lowest BCUT2D eigenvalue weighted by atomic mass is 10.1. The second-order valence-corrected chi connectivity index (χ2v) is 6.33. The van der Waals surface area contributed by atoms with E-state index in [4.69, 9.17) is 0 Å². The van der Waals surface area contributed by atoms with Crippen LogP contribution < -0.4 is 5.32 Å². The van der Waals surface area contributed by atoms with E-state index in [0.29, 0.717) is 19.0 Å². The molecule has 0 aromatic heterocycles. The minimum atomic E-state index is -1.67. The topological polar surface area (TPSA) is 49.4 Å². The Kier molecular flexibility index (Phi) is 5.43. The Morgan fingerprint density at radius 3 is 2.44 bits per heavy atom. The minimum Gasteiger partial charge on any atom is -0.342 e. The largest absolute Gasteiger partial charge is 0.342 e. The van der Waals surface area contributed by atoms with Crippen LogP contribution in [0.15, 0.2) is 36.4 Å². The predicted octanol–water partition coefficient (Wildman–Crippen LogP) is 3.27. The predicted molar refractivity (Wildman–Crippen MR) is 89.7 cm³/mol. The standard InChI is InChI=1S/C19H16F4N2O2/c20-13-3-1-11(2-4-13)7-8-25-10-12(9-16(25)26)19(27)24-15-6-5-14(21)17(22)18(15)23/h1-6,12H,7-10H2,(H,24,27). The van der Waals surface area contributed by atoms with Gasteiger partial charge >= 0.3 is 0 Å². The molecule has 1 saturated heterocycles. The van der Waals surface area contributed by atoms with Gasteiger partial charge in [-0.3, -0.25) is 9.59 Å². The van der Waals surface area contributed by atoms with Crippen LogP contribution >= 0.6 is 0 Å². The molecule has 8 heteroatoms. The number of carbonyl (C=O) groups excluding carboxylic acids is 2. The zero-order valence-corrected chi connectivity index (χ0v) is 14.1. The van der Waals surface area contributed by atoms with Crippen molar-refractivity contribution in [1.82, 2.24) is 4.90 Å². The number of halogens is 4. The van der Waals surface area contributed by atoms with Crippen LogP contribution in [0.3, 0.4) is 0 Å². The number of rotatable bonds is 5. The van der Waals surface area contributed by atoms with Gasteiger partial charge in [-0.2, -0.15) is 0 Å². The van der Waals surface area contributed by atoms with Gasteiger partial charge in [-0.15, -0.1) is 0 Å². The lowest BCUT2D eigenvalue weighted by molar-refractivity contribution is -0.128. The number of amides is 2. The van der Waals surface area contributed by atoms with Crippen molar-refractivity contribution in [2.24, 2.45) is 5.92 Å². The van der Waals surface area contributed by atoms with Gasteiger partial charge in [-0.25, -0.2) is 17.6 Å². The van der Waals surface area contributed by atoms with E-state index in [2.05, 4.69) is 5.32 Å². The van der Waals surface area contributed by atoms with Gasteiger partial charge in [0.1, 0.15) is 5.82 Å². The van der Waals surface area contributed by atoms with E-state index in [9.17, 15) is 27.2 Å². The van der Waals surface area contributed by atoms with Crippen LogP contribution in [0.25, 0.3) is 0 Å². The lowest BCUT2D eigenvalue weighted by Gasteiger charge is -2.16. The first-order chi connectivity index (χ1) is 12.8. The van der Waals surface area contributed by atoms with E-state index in [1.807, 2.05) is 0 Å². The summed E-state index contributed by atoms with van der Waals surface area (Å²) in [6, 6.07) is 7.52. The maximum absolute atomic E-state index is 13.7. The first-order valence-corrected chi connectivity index (χ1v) is 8.31. The lowest BCUT2D eigenvalue weighted by Crippen LogP contribution is -2.30. The van der Waals surface area contributed by atoms with Gasteiger partial charge in [0.15, 0.2) is 17.5 Å². The molecule has 2 amide bonds. The number of anilines is 1. The fourth-order valence-electron chi connectivity index (χ4n) is 2.94. The molecule has 4 nitrogen and oxygen atoms in total. The summed E-state index contributed by atoms with van der Waals surface area (Å²) < 4.78 is 52.8. The van der Waals surface area contributed by atoms with E-state index in [1.165, 1.54) is 17.0 Å². The quantitative estimate of drug-likeness (QED) is 0.639. The van der Waals surface area contributed by atoms with E-state index >= 15 is 0 Å². The highest BCUT2D eigenvalue weighted by Gasteiger charge is 2.34. The monoisotopic (exact) mass is 380 g/mol. The van der Waals surface area contributed by atoms with Crippen LogP contribution in [0, 0.1) is 29.2 Å². The highest BCUT2D eigenvalue weighted by Crippen LogP contribution is 2.23. The Labute approximate surface area is 152 Å². The van der Waals surface area contributed by atoms with Crippen LogP contribution in [-0.4, -0.2) is 29.8 Å². The van der Waals surface area contributed by atoms with Crippen molar-refractivity contribution in [3.63, 3.8) is 0 Å². The van der Waals surface area contributed by atoms with E-state index in [1.54, 1.807) is 12.1 Å². The van der Waals surface area contributed by atoms with Gasteiger partial charge in [0.05, 0.1) is 11.6 Å². The average Bonchev–Trinajstić information content (AvgIpc) is 3.02. The molecular weight excluding hydrogens is 364 g/mol. The van der Waals surface area contributed by atoms with Crippen molar-refractivity contribution in [1.29, 1.82) is 0 Å². The fraction of sp³-hybridized carbons (Fsp3) is 0.263. The second kappa shape index (κ2) is 7.77. The van der Waals surface area contributed by atoms with Crippen molar-refractivity contribution in [3.8, 4) is 0 Å². The molecule has 0 radical (unpaired) electrons. The normalized spacial score (nSPS) is 16.7. The van der Waals surface area contributed by atoms with E-state index in [-0.39, 0.29) is 24.7 Å². The van der Waals surface area contributed by atoms with E-state index < -0.39 is 35.0 Å².